The minimum absolute atomic E-state index is 0.0367. The highest BCUT2D eigenvalue weighted by atomic mass is 16.5. The van der Waals surface area contributed by atoms with Crippen LogP contribution in [0.15, 0.2) is 28.7 Å². The molecular weight excluding hydrogens is 312 g/mol. The van der Waals surface area contributed by atoms with E-state index >= 15 is 0 Å². The first-order chi connectivity index (χ1) is 11.5. The Labute approximate surface area is 137 Å². The molecule has 9 heteroatoms. The van der Waals surface area contributed by atoms with Crippen molar-refractivity contribution in [2.24, 2.45) is 0 Å². The summed E-state index contributed by atoms with van der Waals surface area (Å²) in [6.45, 7) is 2.55. The SMILES string of the molecule is COC(=O)Nc1nc2c(NCc3ccc(C)cc3)nc(N)nc2o1. The van der Waals surface area contributed by atoms with E-state index in [0.29, 0.717) is 17.9 Å². The summed E-state index contributed by atoms with van der Waals surface area (Å²) >= 11 is 0. The van der Waals surface area contributed by atoms with Crippen molar-refractivity contribution in [2.75, 3.05) is 23.5 Å². The standard InChI is InChI=1S/C15H16N6O3/c1-8-3-5-9(6-4-8)7-17-11-10-12(20-13(16)19-11)24-14(18-10)21-15(22)23-2/h3-6H,7H2,1-2H3,(H,18,21,22)(H3,16,17,19,20). The van der Waals surface area contributed by atoms with Crippen LogP contribution in [-0.2, 0) is 11.3 Å². The number of nitrogens with zero attached hydrogens (tertiary/aromatic N) is 3. The highest BCUT2D eigenvalue weighted by Gasteiger charge is 2.16. The number of carbonyl (C=O) groups excluding carboxylic acids is 1. The normalized spacial score (nSPS) is 10.6. The molecule has 0 atom stereocenters. The fourth-order valence-electron chi connectivity index (χ4n) is 2.05. The van der Waals surface area contributed by atoms with Crippen LogP contribution in [0.1, 0.15) is 11.1 Å². The maximum atomic E-state index is 11.2. The van der Waals surface area contributed by atoms with E-state index in [1.165, 1.54) is 12.7 Å². The number of nitrogens with two attached hydrogens (primary N) is 1. The van der Waals surface area contributed by atoms with Gasteiger partial charge in [0.25, 0.3) is 5.71 Å². The highest BCUT2D eigenvalue weighted by molar-refractivity contribution is 5.87. The fraction of sp³-hybridized carbons (Fsp3) is 0.200. The third kappa shape index (κ3) is 3.35. The summed E-state index contributed by atoms with van der Waals surface area (Å²) in [5.74, 6) is 0.453. The number of nitrogen functional groups attached to an aromatic ring is 1. The zero-order valence-corrected chi connectivity index (χ0v) is 13.2. The van der Waals surface area contributed by atoms with Gasteiger partial charge in [0, 0.05) is 6.54 Å². The van der Waals surface area contributed by atoms with E-state index in [2.05, 4.69) is 30.3 Å². The Bertz CT molecular complexity index is 875. The second kappa shape index (κ2) is 6.41. The minimum Gasteiger partial charge on any atom is -0.453 e. The lowest BCUT2D eigenvalue weighted by molar-refractivity contribution is 0.186. The number of aryl methyl sites for hydroxylation is 1. The first-order valence-corrected chi connectivity index (χ1v) is 7.13. The molecule has 0 saturated carbocycles. The number of rotatable bonds is 4. The number of ether oxygens (including phenoxy) is 1. The third-order valence-corrected chi connectivity index (χ3v) is 3.25. The van der Waals surface area contributed by atoms with Crippen molar-refractivity contribution in [2.45, 2.75) is 13.5 Å². The molecule has 1 amide bonds. The van der Waals surface area contributed by atoms with Crippen LogP contribution in [-0.4, -0.2) is 28.2 Å². The Kier molecular flexibility index (Phi) is 4.15. The lowest BCUT2D eigenvalue weighted by Crippen LogP contribution is -2.10. The first kappa shape index (κ1) is 15.5. The molecule has 0 radical (unpaired) electrons. The Morgan fingerprint density at radius 2 is 2.00 bits per heavy atom. The van der Waals surface area contributed by atoms with Crippen LogP contribution in [0.25, 0.3) is 11.2 Å². The summed E-state index contributed by atoms with van der Waals surface area (Å²) < 4.78 is 9.83. The molecule has 2 heterocycles. The molecule has 2 aromatic heterocycles. The van der Waals surface area contributed by atoms with E-state index in [-0.39, 0.29) is 17.7 Å². The zero-order valence-electron chi connectivity index (χ0n) is 13.2. The second-order valence-electron chi connectivity index (χ2n) is 5.06. The summed E-state index contributed by atoms with van der Waals surface area (Å²) in [5, 5.41) is 5.48. The van der Waals surface area contributed by atoms with E-state index in [1.54, 1.807) is 0 Å². The predicted octanol–water partition coefficient (Wildman–Crippen LogP) is 2.30. The molecule has 9 nitrogen and oxygen atoms in total. The van der Waals surface area contributed by atoms with Gasteiger partial charge in [-0.05, 0) is 12.5 Å². The van der Waals surface area contributed by atoms with Gasteiger partial charge in [-0.25, -0.2) is 10.1 Å². The maximum Gasteiger partial charge on any atom is 0.414 e. The number of hydrogen-bond acceptors (Lipinski definition) is 8. The van der Waals surface area contributed by atoms with Gasteiger partial charge in [-0.15, -0.1) is 0 Å². The molecule has 0 spiro atoms. The number of oxazole rings is 1. The van der Waals surface area contributed by atoms with Gasteiger partial charge in [-0.1, -0.05) is 29.8 Å². The van der Waals surface area contributed by atoms with Gasteiger partial charge in [0.1, 0.15) is 0 Å². The van der Waals surface area contributed by atoms with Crippen molar-refractivity contribution in [3.63, 3.8) is 0 Å². The van der Waals surface area contributed by atoms with Crippen LogP contribution in [0.4, 0.5) is 22.6 Å². The predicted molar refractivity (Wildman–Crippen MR) is 88.5 cm³/mol. The topological polar surface area (TPSA) is 128 Å². The maximum absolute atomic E-state index is 11.2. The van der Waals surface area contributed by atoms with Gasteiger partial charge in [-0.2, -0.15) is 15.0 Å². The lowest BCUT2D eigenvalue weighted by Gasteiger charge is -2.06. The molecule has 24 heavy (non-hydrogen) atoms. The van der Waals surface area contributed by atoms with E-state index < -0.39 is 6.09 Å². The summed E-state index contributed by atoms with van der Waals surface area (Å²) in [6, 6.07) is 8.02. The molecule has 0 aliphatic rings. The number of methoxy groups -OCH3 is 1. The molecule has 0 saturated heterocycles. The number of amides is 1. The van der Waals surface area contributed by atoms with Gasteiger partial charge in [-0.3, -0.25) is 0 Å². The average molecular weight is 328 g/mol. The van der Waals surface area contributed by atoms with Crippen molar-refractivity contribution < 1.29 is 13.9 Å². The molecule has 1 aromatic carbocycles. The highest BCUT2D eigenvalue weighted by Crippen LogP contribution is 2.24. The molecular formula is C15H16N6O3. The molecule has 0 fully saturated rings. The largest absolute Gasteiger partial charge is 0.453 e. The van der Waals surface area contributed by atoms with Gasteiger partial charge < -0.3 is 20.2 Å². The quantitative estimate of drug-likeness (QED) is 0.665. The van der Waals surface area contributed by atoms with E-state index in [0.717, 1.165) is 5.56 Å². The summed E-state index contributed by atoms with van der Waals surface area (Å²) in [4.78, 5) is 23.5. The Morgan fingerprint density at radius 1 is 1.25 bits per heavy atom. The summed E-state index contributed by atoms with van der Waals surface area (Å²) in [7, 11) is 1.24. The zero-order chi connectivity index (χ0) is 17.1. The second-order valence-corrected chi connectivity index (χ2v) is 5.06. The van der Waals surface area contributed by atoms with E-state index in [1.807, 2.05) is 31.2 Å². The van der Waals surface area contributed by atoms with Crippen LogP contribution >= 0.6 is 0 Å². The molecule has 0 aliphatic heterocycles. The molecule has 0 unspecified atom stereocenters. The first-order valence-electron chi connectivity index (χ1n) is 7.13. The number of nitrogens with one attached hydrogen (secondary N) is 2. The number of benzene rings is 1. The Balaban J connectivity index is 1.85. The van der Waals surface area contributed by atoms with Crippen molar-refractivity contribution >= 4 is 35.1 Å². The molecule has 3 rings (SSSR count). The number of carbonyl (C=O) groups is 1. The fourth-order valence-corrected chi connectivity index (χ4v) is 2.05. The molecule has 4 N–H and O–H groups in total. The molecule has 3 aromatic rings. The summed E-state index contributed by atoms with van der Waals surface area (Å²) in [6.07, 6.45) is -0.698. The Morgan fingerprint density at radius 3 is 2.71 bits per heavy atom. The van der Waals surface area contributed by atoms with Gasteiger partial charge >= 0.3 is 12.1 Å². The average Bonchev–Trinajstić information content (AvgIpc) is 2.96. The molecule has 0 aliphatic carbocycles. The summed E-state index contributed by atoms with van der Waals surface area (Å²) in [5.41, 5.74) is 8.47. The number of hydrogen-bond donors (Lipinski definition) is 3. The minimum atomic E-state index is -0.698. The number of aromatic nitrogens is 3. The lowest BCUT2D eigenvalue weighted by atomic mass is 10.1. The van der Waals surface area contributed by atoms with Gasteiger partial charge in [0.05, 0.1) is 7.11 Å². The van der Waals surface area contributed by atoms with Crippen molar-refractivity contribution in [1.82, 2.24) is 15.0 Å². The van der Waals surface area contributed by atoms with Crippen molar-refractivity contribution in [1.29, 1.82) is 0 Å². The number of fused-ring (bicyclic) bond motifs is 1. The van der Waals surface area contributed by atoms with Crippen LogP contribution in [0, 0.1) is 6.92 Å². The monoisotopic (exact) mass is 328 g/mol. The molecule has 124 valence electrons. The van der Waals surface area contributed by atoms with E-state index in [4.69, 9.17) is 10.2 Å². The van der Waals surface area contributed by atoms with Crippen molar-refractivity contribution in [3.05, 3.63) is 35.4 Å². The smallest absolute Gasteiger partial charge is 0.414 e. The van der Waals surface area contributed by atoms with Crippen LogP contribution in [0.3, 0.4) is 0 Å². The van der Waals surface area contributed by atoms with Gasteiger partial charge in [0.15, 0.2) is 11.3 Å². The van der Waals surface area contributed by atoms with Crippen LogP contribution in [0.5, 0.6) is 0 Å². The van der Waals surface area contributed by atoms with E-state index in [9.17, 15) is 4.79 Å². The van der Waals surface area contributed by atoms with Crippen LogP contribution < -0.4 is 16.4 Å². The third-order valence-electron chi connectivity index (χ3n) is 3.25. The molecule has 0 bridgehead atoms. The van der Waals surface area contributed by atoms with Crippen LogP contribution in [0.2, 0.25) is 0 Å². The Hall–Kier alpha value is -3.36. The number of anilines is 3. The van der Waals surface area contributed by atoms with Gasteiger partial charge in [0.2, 0.25) is 5.95 Å². The van der Waals surface area contributed by atoms with Crippen molar-refractivity contribution in [3.8, 4) is 0 Å².